The van der Waals surface area contributed by atoms with Crippen LogP contribution in [0, 0.1) is 0 Å². The molecule has 46 heavy (non-hydrogen) atoms. The molecule has 0 aliphatic carbocycles. The molecule has 14 heteroatoms. The number of rotatable bonds is 9. The first-order chi connectivity index (χ1) is 22.0. The lowest BCUT2D eigenvalue weighted by Crippen LogP contribution is -2.41. The first-order valence-electron chi connectivity index (χ1n) is 14.3. The zero-order valence-electron chi connectivity index (χ0n) is 24.7. The summed E-state index contributed by atoms with van der Waals surface area (Å²) < 4.78 is 46.0. The summed E-state index contributed by atoms with van der Waals surface area (Å²) in [6.07, 6.45) is -3.12. The number of carbonyl (C=O) groups is 3. The van der Waals surface area contributed by atoms with Gasteiger partial charge in [0.1, 0.15) is 0 Å². The minimum atomic E-state index is -4.52. The fourth-order valence-electron chi connectivity index (χ4n) is 4.78. The van der Waals surface area contributed by atoms with E-state index in [-0.39, 0.29) is 39.2 Å². The zero-order valence-corrected chi connectivity index (χ0v) is 25.4. The molecule has 0 atom stereocenters. The van der Waals surface area contributed by atoms with E-state index in [9.17, 15) is 27.6 Å². The highest BCUT2D eigenvalue weighted by molar-refractivity contribution is 6.31. The molecule has 1 fully saturated rings. The van der Waals surface area contributed by atoms with Crippen molar-refractivity contribution >= 4 is 40.8 Å². The summed E-state index contributed by atoms with van der Waals surface area (Å²) in [4.78, 5) is 43.4. The number of hydrogen-bond donors (Lipinski definition) is 2. The average Bonchev–Trinajstić information content (AvgIpc) is 3.52. The number of anilines is 2. The predicted octanol–water partition coefficient (Wildman–Crippen LogP) is 5.45. The SMILES string of the molecule is CN(CCN1CCOCC1)C(=O)c1cccc(C(=O)Nc2ccc(Cl)cc2C(=O)Nc2ccn(-c3cccc(C(F)(F)F)c3)n2)c1. The van der Waals surface area contributed by atoms with Crippen LogP contribution in [0.15, 0.2) is 79.0 Å². The number of ether oxygens (including phenoxy) is 1. The van der Waals surface area contributed by atoms with Gasteiger partial charge >= 0.3 is 6.18 Å². The third-order valence-corrected chi connectivity index (χ3v) is 7.55. The molecule has 3 aromatic carbocycles. The maximum absolute atomic E-state index is 13.3. The lowest BCUT2D eigenvalue weighted by Gasteiger charge is -2.28. The normalized spacial score (nSPS) is 13.7. The molecule has 10 nitrogen and oxygen atoms in total. The maximum atomic E-state index is 13.3. The van der Waals surface area contributed by atoms with Crippen molar-refractivity contribution in [2.75, 3.05) is 57.1 Å². The minimum absolute atomic E-state index is 0.0181. The Bertz CT molecular complexity index is 1740. The topological polar surface area (TPSA) is 109 Å². The number of aromatic nitrogens is 2. The van der Waals surface area contributed by atoms with Gasteiger partial charge in [0.05, 0.1) is 35.7 Å². The summed E-state index contributed by atoms with van der Waals surface area (Å²) >= 11 is 6.16. The number of nitrogens with zero attached hydrogens (tertiary/aromatic N) is 4. The molecule has 5 rings (SSSR count). The number of amides is 3. The van der Waals surface area contributed by atoms with Crippen LogP contribution in [-0.2, 0) is 10.9 Å². The van der Waals surface area contributed by atoms with Crippen LogP contribution in [0.3, 0.4) is 0 Å². The van der Waals surface area contributed by atoms with Gasteiger partial charge in [0.15, 0.2) is 5.82 Å². The van der Waals surface area contributed by atoms with Crippen LogP contribution in [0.1, 0.15) is 36.6 Å². The van der Waals surface area contributed by atoms with Crippen LogP contribution >= 0.6 is 11.6 Å². The number of carbonyl (C=O) groups excluding carboxylic acids is 3. The van der Waals surface area contributed by atoms with Crippen LogP contribution in [0.4, 0.5) is 24.7 Å². The highest BCUT2D eigenvalue weighted by Crippen LogP contribution is 2.30. The Kier molecular flexibility index (Phi) is 10.0. The third-order valence-electron chi connectivity index (χ3n) is 7.32. The molecule has 1 aliphatic rings. The molecule has 0 bridgehead atoms. The van der Waals surface area contributed by atoms with Gasteiger partial charge < -0.3 is 20.3 Å². The molecule has 0 unspecified atom stereocenters. The Morgan fingerprint density at radius 2 is 1.67 bits per heavy atom. The number of benzene rings is 3. The molecule has 1 saturated heterocycles. The Morgan fingerprint density at radius 1 is 0.935 bits per heavy atom. The standard InChI is InChI=1S/C32H30ClF3N6O4/c1-40(12-13-41-14-16-46-17-15-41)31(45)22-5-2-4-21(18-22)29(43)37-27-9-8-24(33)20-26(27)30(44)38-28-10-11-42(39-28)25-7-3-6-23(19-25)32(34,35)36/h2-11,18-20H,12-17H2,1H3,(H,37,43)(H,38,39,44). The van der Waals surface area contributed by atoms with E-state index in [1.165, 1.54) is 53.3 Å². The number of nitrogens with one attached hydrogen (secondary N) is 2. The van der Waals surface area contributed by atoms with Crippen molar-refractivity contribution in [3.05, 3.63) is 106 Å². The molecule has 0 spiro atoms. The van der Waals surface area contributed by atoms with Crippen LogP contribution in [0.25, 0.3) is 5.69 Å². The molecule has 2 N–H and O–H groups in total. The molecule has 240 valence electrons. The average molecular weight is 655 g/mol. The first kappa shape index (κ1) is 32.7. The van der Waals surface area contributed by atoms with Gasteiger partial charge in [-0.25, -0.2) is 4.68 Å². The van der Waals surface area contributed by atoms with Crippen molar-refractivity contribution < 1.29 is 32.3 Å². The minimum Gasteiger partial charge on any atom is -0.379 e. The molecule has 1 aromatic heterocycles. The summed E-state index contributed by atoms with van der Waals surface area (Å²) in [7, 11) is 1.71. The van der Waals surface area contributed by atoms with Gasteiger partial charge in [-0.2, -0.15) is 18.3 Å². The van der Waals surface area contributed by atoms with Gasteiger partial charge in [-0.1, -0.05) is 23.7 Å². The van der Waals surface area contributed by atoms with Gasteiger partial charge in [-0.05, 0) is 54.6 Å². The molecular formula is C32H30ClF3N6O4. The molecule has 4 aromatic rings. The van der Waals surface area contributed by atoms with Crippen molar-refractivity contribution in [3.63, 3.8) is 0 Å². The number of likely N-dealkylation sites (N-methyl/N-ethyl adjacent to an activating group) is 1. The van der Waals surface area contributed by atoms with E-state index in [1.54, 1.807) is 30.1 Å². The molecule has 0 radical (unpaired) electrons. The van der Waals surface area contributed by atoms with E-state index >= 15 is 0 Å². The Morgan fingerprint density at radius 3 is 2.43 bits per heavy atom. The van der Waals surface area contributed by atoms with Crippen molar-refractivity contribution in [1.82, 2.24) is 19.6 Å². The third kappa shape index (κ3) is 8.10. The van der Waals surface area contributed by atoms with Gasteiger partial charge in [0.25, 0.3) is 17.7 Å². The lowest BCUT2D eigenvalue weighted by molar-refractivity contribution is -0.137. The van der Waals surface area contributed by atoms with Crippen LogP contribution in [0.5, 0.6) is 0 Å². The lowest BCUT2D eigenvalue weighted by atomic mass is 10.1. The highest BCUT2D eigenvalue weighted by atomic mass is 35.5. The van der Waals surface area contributed by atoms with Crippen molar-refractivity contribution in [1.29, 1.82) is 0 Å². The molecule has 0 saturated carbocycles. The number of alkyl halides is 3. The second-order valence-corrected chi connectivity index (χ2v) is 11.0. The van der Waals surface area contributed by atoms with Crippen molar-refractivity contribution in [3.8, 4) is 5.69 Å². The van der Waals surface area contributed by atoms with Crippen LogP contribution < -0.4 is 10.6 Å². The molecule has 1 aliphatic heterocycles. The van der Waals surface area contributed by atoms with Gasteiger partial charge in [0, 0.05) is 61.6 Å². The highest BCUT2D eigenvalue weighted by Gasteiger charge is 2.30. The molecule has 3 amide bonds. The largest absolute Gasteiger partial charge is 0.416 e. The summed E-state index contributed by atoms with van der Waals surface area (Å²) in [5, 5.41) is 9.67. The van der Waals surface area contributed by atoms with Crippen LogP contribution in [-0.4, -0.2) is 83.7 Å². The van der Waals surface area contributed by atoms with Crippen molar-refractivity contribution in [2.24, 2.45) is 0 Å². The van der Waals surface area contributed by atoms with Crippen molar-refractivity contribution in [2.45, 2.75) is 6.18 Å². The number of halogens is 4. The van der Waals surface area contributed by atoms with Gasteiger partial charge in [-0.3, -0.25) is 19.3 Å². The second-order valence-electron chi connectivity index (χ2n) is 10.6. The van der Waals surface area contributed by atoms with E-state index in [0.717, 1.165) is 25.2 Å². The zero-order chi connectivity index (χ0) is 32.8. The summed E-state index contributed by atoms with van der Waals surface area (Å²) in [5.74, 6) is -1.41. The van der Waals surface area contributed by atoms with Gasteiger partial charge in [0.2, 0.25) is 0 Å². The first-order valence-corrected chi connectivity index (χ1v) is 14.7. The Hall–Kier alpha value is -4.72. The maximum Gasteiger partial charge on any atom is 0.416 e. The smallest absolute Gasteiger partial charge is 0.379 e. The summed E-state index contributed by atoms with van der Waals surface area (Å²) in [5.41, 5.74) is 0.00961. The van der Waals surface area contributed by atoms with E-state index < -0.39 is 23.6 Å². The van der Waals surface area contributed by atoms with Crippen LogP contribution in [0.2, 0.25) is 5.02 Å². The monoisotopic (exact) mass is 654 g/mol. The van der Waals surface area contributed by atoms with Gasteiger partial charge in [-0.15, -0.1) is 0 Å². The quantitative estimate of drug-likeness (QED) is 0.248. The Balaban J connectivity index is 1.26. The molecular weight excluding hydrogens is 625 g/mol. The summed E-state index contributed by atoms with van der Waals surface area (Å²) in [6, 6.07) is 16.6. The summed E-state index contributed by atoms with van der Waals surface area (Å²) in [6.45, 7) is 4.17. The molecule has 2 heterocycles. The predicted molar refractivity (Wildman–Crippen MR) is 167 cm³/mol. The van der Waals surface area contributed by atoms with E-state index in [4.69, 9.17) is 16.3 Å². The van der Waals surface area contributed by atoms with E-state index in [1.807, 2.05) is 0 Å². The Labute approximate surface area is 267 Å². The van der Waals surface area contributed by atoms with E-state index in [0.29, 0.717) is 31.9 Å². The number of morpholine rings is 1. The number of hydrogen-bond acceptors (Lipinski definition) is 6. The second kappa shape index (κ2) is 14.1. The van der Waals surface area contributed by atoms with E-state index in [2.05, 4.69) is 20.6 Å². The fraction of sp³-hybridized carbons (Fsp3) is 0.250. The fourth-order valence-corrected chi connectivity index (χ4v) is 4.95.